The third-order valence-electron chi connectivity index (χ3n) is 2.98. The van der Waals surface area contributed by atoms with Gasteiger partial charge >= 0.3 is 0 Å². The summed E-state index contributed by atoms with van der Waals surface area (Å²) in [5, 5.41) is 2.50. The Morgan fingerprint density at radius 1 is 1.12 bits per heavy atom. The molecule has 24 heavy (non-hydrogen) atoms. The summed E-state index contributed by atoms with van der Waals surface area (Å²) in [5.74, 6) is -0.853. The summed E-state index contributed by atoms with van der Waals surface area (Å²) in [5.41, 5.74) is 5.26. The second kappa shape index (κ2) is 8.61. The van der Waals surface area contributed by atoms with Crippen LogP contribution in [0.1, 0.15) is 10.4 Å². The van der Waals surface area contributed by atoms with E-state index >= 15 is 0 Å². The lowest BCUT2D eigenvalue weighted by Gasteiger charge is -2.16. The van der Waals surface area contributed by atoms with Gasteiger partial charge in [-0.25, -0.2) is 0 Å². The highest BCUT2D eigenvalue weighted by Gasteiger charge is 2.19. The summed E-state index contributed by atoms with van der Waals surface area (Å²) in [6.07, 6.45) is 0. The van der Waals surface area contributed by atoms with E-state index in [9.17, 15) is 14.4 Å². The second-order valence-electron chi connectivity index (χ2n) is 4.94. The molecule has 0 aliphatic rings. The van der Waals surface area contributed by atoms with E-state index in [-0.39, 0.29) is 41.9 Å². The number of carbonyl (C=O) groups excluding carboxylic acids is 3. The molecule has 0 aliphatic heterocycles. The van der Waals surface area contributed by atoms with Crippen molar-refractivity contribution in [3.63, 3.8) is 0 Å². The molecule has 0 aliphatic carbocycles. The van der Waals surface area contributed by atoms with Gasteiger partial charge in [-0.05, 0) is 12.1 Å². The molecule has 3 N–H and O–H groups in total. The molecule has 9 heteroatoms. The molecule has 1 aromatic rings. The number of likely N-dealkylation sites (N-methyl/N-ethyl adjacent to an activating group) is 1. The van der Waals surface area contributed by atoms with E-state index in [2.05, 4.69) is 5.32 Å². The van der Waals surface area contributed by atoms with Crippen LogP contribution in [-0.4, -0.2) is 64.1 Å². The molecular formula is C15H21N3O6. The van der Waals surface area contributed by atoms with Crippen LogP contribution >= 0.6 is 0 Å². The molecule has 0 heterocycles. The van der Waals surface area contributed by atoms with Crippen LogP contribution in [-0.2, 0) is 9.59 Å². The summed E-state index contributed by atoms with van der Waals surface area (Å²) in [6, 6.07) is 2.82. The Labute approximate surface area is 139 Å². The molecule has 3 amide bonds. The zero-order valence-corrected chi connectivity index (χ0v) is 14.0. The maximum Gasteiger partial charge on any atom is 0.255 e. The molecule has 0 saturated carbocycles. The summed E-state index contributed by atoms with van der Waals surface area (Å²) >= 11 is 0. The van der Waals surface area contributed by atoms with Gasteiger partial charge in [-0.2, -0.15) is 0 Å². The molecule has 0 bridgehead atoms. The molecular weight excluding hydrogens is 318 g/mol. The number of rotatable bonds is 8. The number of hydrogen-bond donors (Lipinski definition) is 2. The monoisotopic (exact) mass is 339 g/mol. The number of amides is 3. The maximum atomic E-state index is 12.2. The second-order valence-corrected chi connectivity index (χ2v) is 4.94. The number of ether oxygens (including phenoxy) is 3. The summed E-state index contributed by atoms with van der Waals surface area (Å²) in [6.45, 7) is -0.508. The molecule has 9 nitrogen and oxygen atoms in total. The molecule has 0 aromatic heterocycles. The number of primary amides is 1. The minimum Gasteiger partial charge on any atom is -0.493 e. The molecule has 0 spiro atoms. The Morgan fingerprint density at radius 2 is 1.67 bits per heavy atom. The fourth-order valence-corrected chi connectivity index (χ4v) is 1.71. The van der Waals surface area contributed by atoms with Gasteiger partial charge in [-0.3, -0.25) is 14.4 Å². The van der Waals surface area contributed by atoms with Gasteiger partial charge in [0.2, 0.25) is 11.7 Å². The van der Waals surface area contributed by atoms with Crippen molar-refractivity contribution in [3.8, 4) is 17.2 Å². The molecule has 1 rings (SSSR count). The number of methoxy groups -OCH3 is 2. The van der Waals surface area contributed by atoms with Crippen LogP contribution in [0.25, 0.3) is 0 Å². The number of carbonyl (C=O) groups is 3. The van der Waals surface area contributed by atoms with Crippen LogP contribution in [0.15, 0.2) is 12.1 Å². The molecule has 1 aromatic carbocycles. The number of nitrogens with one attached hydrogen (secondary N) is 1. The van der Waals surface area contributed by atoms with Gasteiger partial charge in [0.25, 0.3) is 11.8 Å². The Bertz CT molecular complexity index is 605. The Balaban J connectivity index is 3.02. The van der Waals surface area contributed by atoms with Crippen molar-refractivity contribution in [2.45, 2.75) is 0 Å². The van der Waals surface area contributed by atoms with Crippen LogP contribution in [0.2, 0.25) is 0 Å². The quantitative estimate of drug-likeness (QED) is 0.652. The predicted octanol–water partition coefficient (Wildman–Crippen LogP) is -0.614. The average molecular weight is 339 g/mol. The van der Waals surface area contributed by atoms with Crippen molar-refractivity contribution >= 4 is 17.7 Å². The normalized spacial score (nSPS) is 9.83. The van der Waals surface area contributed by atoms with Crippen molar-refractivity contribution < 1.29 is 28.6 Å². The standard InChI is InChI=1S/C15H21N3O6/c1-18(2)13(20)7-17-15(21)9-5-10(22-3)14(11(6-9)23-4)24-8-12(16)19/h5-6H,7-8H2,1-4H3,(H2,16,19)(H,17,21). The first kappa shape index (κ1) is 19.1. The van der Waals surface area contributed by atoms with Crippen LogP contribution in [0.3, 0.4) is 0 Å². The van der Waals surface area contributed by atoms with Gasteiger partial charge < -0.3 is 30.2 Å². The highest BCUT2D eigenvalue weighted by molar-refractivity contribution is 5.97. The first-order valence-corrected chi connectivity index (χ1v) is 6.95. The molecule has 0 fully saturated rings. The van der Waals surface area contributed by atoms with E-state index in [0.717, 1.165) is 0 Å². The SMILES string of the molecule is COc1cc(C(=O)NCC(=O)N(C)C)cc(OC)c1OCC(N)=O. The highest BCUT2D eigenvalue weighted by Crippen LogP contribution is 2.38. The zero-order chi connectivity index (χ0) is 18.3. The zero-order valence-electron chi connectivity index (χ0n) is 14.0. The highest BCUT2D eigenvalue weighted by atomic mass is 16.5. The molecule has 0 saturated heterocycles. The summed E-state index contributed by atoms with van der Waals surface area (Å²) < 4.78 is 15.6. The van der Waals surface area contributed by atoms with Crippen LogP contribution in [0.4, 0.5) is 0 Å². The van der Waals surface area contributed by atoms with Crippen molar-refractivity contribution in [1.29, 1.82) is 0 Å². The maximum absolute atomic E-state index is 12.2. The first-order chi connectivity index (χ1) is 11.3. The Morgan fingerprint density at radius 3 is 2.08 bits per heavy atom. The minimum absolute atomic E-state index is 0.142. The van der Waals surface area contributed by atoms with Crippen molar-refractivity contribution in [2.75, 3.05) is 41.5 Å². The Hall–Kier alpha value is -2.97. The van der Waals surface area contributed by atoms with E-state index in [4.69, 9.17) is 19.9 Å². The largest absolute Gasteiger partial charge is 0.493 e. The lowest BCUT2D eigenvalue weighted by Crippen LogP contribution is -2.36. The molecule has 0 unspecified atom stereocenters. The van der Waals surface area contributed by atoms with Crippen LogP contribution < -0.4 is 25.3 Å². The number of hydrogen-bond acceptors (Lipinski definition) is 6. The number of nitrogens with zero attached hydrogens (tertiary/aromatic N) is 1. The van der Waals surface area contributed by atoms with Gasteiger partial charge in [0, 0.05) is 19.7 Å². The smallest absolute Gasteiger partial charge is 0.255 e. The first-order valence-electron chi connectivity index (χ1n) is 6.95. The van der Waals surface area contributed by atoms with E-state index in [1.807, 2.05) is 0 Å². The third-order valence-corrected chi connectivity index (χ3v) is 2.98. The average Bonchev–Trinajstić information content (AvgIpc) is 2.56. The van der Waals surface area contributed by atoms with E-state index in [1.165, 1.54) is 31.3 Å². The third kappa shape index (κ3) is 5.04. The minimum atomic E-state index is -0.664. The lowest BCUT2D eigenvalue weighted by molar-refractivity contribution is -0.127. The van der Waals surface area contributed by atoms with Gasteiger partial charge in [-0.1, -0.05) is 0 Å². The van der Waals surface area contributed by atoms with Crippen molar-refractivity contribution in [2.24, 2.45) is 5.73 Å². The summed E-state index contributed by atoms with van der Waals surface area (Å²) in [7, 11) is 5.93. The van der Waals surface area contributed by atoms with E-state index in [1.54, 1.807) is 14.1 Å². The van der Waals surface area contributed by atoms with Crippen LogP contribution in [0, 0.1) is 0 Å². The van der Waals surface area contributed by atoms with Crippen molar-refractivity contribution in [1.82, 2.24) is 10.2 Å². The Kier molecular flexibility index (Phi) is 6.84. The fraction of sp³-hybridized carbons (Fsp3) is 0.400. The van der Waals surface area contributed by atoms with E-state index < -0.39 is 11.8 Å². The predicted molar refractivity (Wildman–Crippen MR) is 85.3 cm³/mol. The van der Waals surface area contributed by atoms with Gasteiger partial charge in [0.1, 0.15) is 0 Å². The molecule has 0 radical (unpaired) electrons. The van der Waals surface area contributed by atoms with Crippen molar-refractivity contribution in [3.05, 3.63) is 17.7 Å². The van der Waals surface area contributed by atoms with Gasteiger partial charge in [0.15, 0.2) is 18.1 Å². The van der Waals surface area contributed by atoms with Gasteiger partial charge in [-0.15, -0.1) is 0 Å². The number of nitrogens with two attached hydrogens (primary N) is 1. The van der Waals surface area contributed by atoms with Crippen LogP contribution in [0.5, 0.6) is 17.2 Å². The lowest BCUT2D eigenvalue weighted by atomic mass is 10.1. The molecule has 132 valence electrons. The number of benzene rings is 1. The fourth-order valence-electron chi connectivity index (χ4n) is 1.71. The van der Waals surface area contributed by atoms with Gasteiger partial charge in [0.05, 0.1) is 20.8 Å². The summed E-state index contributed by atoms with van der Waals surface area (Å²) in [4.78, 5) is 35.9. The topological polar surface area (TPSA) is 120 Å². The molecule has 0 atom stereocenters. The van der Waals surface area contributed by atoms with E-state index in [0.29, 0.717) is 0 Å².